The van der Waals surface area contributed by atoms with Crippen LogP contribution in [-0.2, 0) is 4.79 Å². The van der Waals surface area contributed by atoms with Crippen molar-refractivity contribution in [2.75, 3.05) is 0 Å². The van der Waals surface area contributed by atoms with Crippen LogP contribution in [0.25, 0.3) is 0 Å². The van der Waals surface area contributed by atoms with Gasteiger partial charge in [0, 0.05) is 6.04 Å². The molecule has 3 unspecified atom stereocenters. The highest BCUT2D eigenvalue weighted by atomic mass is 16.2. The zero-order chi connectivity index (χ0) is 14.1. The van der Waals surface area contributed by atoms with E-state index in [2.05, 4.69) is 24.1 Å². The van der Waals surface area contributed by atoms with Crippen LogP contribution in [-0.4, -0.2) is 29.1 Å². The summed E-state index contributed by atoms with van der Waals surface area (Å²) >= 11 is 0. The number of carbonyl (C=O) groups excluding carboxylic acids is 1. The number of rotatable bonds is 4. The Balaban J connectivity index is 1.79. The predicted octanol–water partition coefficient (Wildman–Crippen LogP) is 3.29. The van der Waals surface area contributed by atoms with E-state index in [0.717, 1.165) is 6.42 Å². The Labute approximate surface area is 123 Å². The van der Waals surface area contributed by atoms with Crippen LogP contribution in [0.4, 0.5) is 0 Å². The maximum absolute atomic E-state index is 12.9. The van der Waals surface area contributed by atoms with Gasteiger partial charge in [-0.25, -0.2) is 0 Å². The smallest absolute Gasteiger partial charge is 0.241 e. The molecule has 2 saturated carbocycles. The summed E-state index contributed by atoms with van der Waals surface area (Å²) in [6.45, 7) is 4.42. The molecule has 0 radical (unpaired) electrons. The van der Waals surface area contributed by atoms with E-state index in [-0.39, 0.29) is 6.04 Å². The largest absolute Gasteiger partial charge is 0.323 e. The fraction of sp³-hybridized carbons (Fsp3) is 0.941. The fourth-order valence-electron chi connectivity index (χ4n) is 4.50. The van der Waals surface area contributed by atoms with Crippen LogP contribution < -0.4 is 5.32 Å². The third kappa shape index (κ3) is 2.49. The van der Waals surface area contributed by atoms with Crippen LogP contribution in [0.2, 0.25) is 0 Å². The molecule has 3 rings (SSSR count). The zero-order valence-corrected chi connectivity index (χ0v) is 13.1. The molecule has 2 aliphatic carbocycles. The number of nitrogens with zero attached hydrogens (tertiary/aromatic N) is 1. The minimum absolute atomic E-state index is 0.0752. The lowest BCUT2D eigenvalue weighted by Crippen LogP contribution is -2.47. The fourth-order valence-corrected chi connectivity index (χ4v) is 4.50. The lowest BCUT2D eigenvalue weighted by Gasteiger charge is -2.33. The molecule has 0 spiro atoms. The Bertz CT molecular complexity index is 345. The second kappa shape index (κ2) is 6.05. The predicted molar refractivity (Wildman–Crippen MR) is 81.2 cm³/mol. The Morgan fingerprint density at radius 3 is 2.35 bits per heavy atom. The van der Waals surface area contributed by atoms with Gasteiger partial charge in [-0.15, -0.1) is 0 Å². The summed E-state index contributed by atoms with van der Waals surface area (Å²) in [5, 5.41) is 3.74. The molecule has 0 aromatic carbocycles. The van der Waals surface area contributed by atoms with Gasteiger partial charge in [0.2, 0.25) is 5.91 Å². The first-order chi connectivity index (χ1) is 9.72. The van der Waals surface area contributed by atoms with E-state index in [1.807, 2.05) is 0 Å². The Hall–Kier alpha value is -0.570. The first-order valence-corrected chi connectivity index (χ1v) is 8.80. The number of carbonyl (C=O) groups is 1. The van der Waals surface area contributed by atoms with Gasteiger partial charge in [-0.1, -0.05) is 46.0 Å². The lowest BCUT2D eigenvalue weighted by molar-refractivity contribution is -0.133. The number of amides is 1. The monoisotopic (exact) mass is 278 g/mol. The van der Waals surface area contributed by atoms with E-state index in [0.29, 0.717) is 30.0 Å². The summed E-state index contributed by atoms with van der Waals surface area (Å²) in [5.41, 5.74) is 0. The molecule has 1 heterocycles. The standard InChI is InChI=1S/C17H30N2O/c1-3-12(2)15-17(20)19(14-10-6-7-11-14)16(18-15)13-8-4-5-9-13/h12-16,18H,3-11H2,1-2H3. The van der Waals surface area contributed by atoms with Crippen LogP contribution >= 0.6 is 0 Å². The molecule has 3 aliphatic rings. The van der Waals surface area contributed by atoms with Gasteiger partial charge in [-0.3, -0.25) is 10.1 Å². The Kier molecular flexibility index (Phi) is 4.34. The van der Waals surface area contributed by atoms with Gasteiger partial charge in [0.05, 0.1) is 12.2 Å². The molecule has 1 saturated heterocycles. The van der Waals surface area contributed by atoms with E-state index in [4.69, 9.17) is 0 Å². The van der Waals surface area contributed by atoms with Gasteiger partial charge in [0.15, 0.2) is 0 Å². The minimum Gasteiger partial charge on any atom is -0.323 e. The molecule has 1 N–H and O–H groups in total. The molecule has 1 aliphatic heterocycles. The van der Waals surface area contributed by atoms with Gasteiger partial charge in [0.1, 0.15) is 0 Å². The van der Waals surface area contributed by atoms with Crippen molar-refractivity contribution in [1.82, 2.24) is 10.2 Å². The number of hydrogen-bond acceptors (Lipinski definition) is 2. The van der Waals surface area contributed by atoms with Crippen molar-refractivity contribution < 1.29 is 4.79 Å². The summed E-state index contributed by atoms with van der Waals surface area (Å²) in [4.78, 5) is 15.2. The third-order valence-corrected chi connectivity index (χ3v) is 5.95. The molecule has 3 nitrogen and oxygen atoms in total. The molecule has 3 atom stereocenters. The molecular weight excluding hydrogens is 248 g/mol. The molecule has 20 heavy (non-hydrogen) atoms. The summed E-state index contributed by atoms with van der Waals surface area (Å²) in [7, 11) is 0. The van der Waals surface area contributed by atoms with E-state index in [1.54, 1.807) is 0 Å². The highest BCUT2D eigenvalue weighted by molar-refractivity contribution is 5.85. The van der Waals surface area contributed by atoms with E-state index >= 15 is 0 Å². The second-order valence-corrected chi connectivity index (χ2v) is 7.20. The van der Waals surface area contributed by atoms with Gasteiger partial charge >= 0.3 is 0 Å². The SMILES string of the molecule is CCC(C)C1NC(C2CCCC2)N(C2CCCC2)C1=O. The number of nitrogens with one attached hydrogen (secondary N) is 1. The van der Waals surface area contributed by atoms with E-state index in [9.17, 15) is 4.79 Å². The summed E-state index contributed by atoms with van der Waals surface area (Å²) in [6, 6.07) is 0.598. The minimum atomic E-state index is 0.0752. The average molecular weight is 278 g/mol. The first-order valence-electron chi connectivity index (χ1n) is 8.80. The molecule has 3 heteroatoms. The maximum atomic E-state index is 12.9. The van der Waals surface area contributed by atoms with Crippen LogP contribution in [0.15, 0.2) is 0 Å². The topological polar surface area (TPSA) is 32.3 Å². The summed E-state index contributed by atoms with van der Waals surface area (Å²) in [5.74, 6) is 1.56. The van der Waals surface area contributed by atoms with Crippen molar-refractivity contribution in [3.8, 4) is 0 Å². The van der Waals surface area contributed by atoms with Crippen LogP contribution in [0, 0.1) is 11.8 Å². The van der Waals surface area contributed by atoms with Crippen molar-refractivity contribution in [3.63, 3.8) is 0 Å². The van der Waals surface area contributed by atoms with Crippen molar-refractivity contribution in [1.29, 1.82) is 0 Å². The quantitative estimate of drug-likeness (QED) is 0.856. The Morgan fingerprint density at radius 2 is 1.75 bits per heavy atom. The van der Waals surface area contributed by atoms with Crippen molar-refractivity contribution in [2.45, 2.75) is 89.9 Å². The summed E-state index contributed by atoms with van der Waals surface area (Å²) in [6.07, 6.45) is 11.8. The molecular formula is C17H30N2O. The summed E-state index contributed by atoms with van der Waals surface area (Å²) < 4.78 is 0. The molecule has 1 amide bonds. The zero-order valence-electron chi connectivity index (χ0n) is 13.1. The van der Waals surface area contributed by atoms with Gasteiger partial charge in [-0.2, -0.15) is 0 Å². The second-order valence-electron chi connectivity index (χ2n) is 7.20. The highest BCUT2D eigenvalue weighted by Crippen LogP contribution is 2.37. The molecule has 0 aromatic heterocycles. The van der Waals surface area contributed by atoms with Crippen molar-refractivity contribution >= 4 is 5.91 Å². The molecule has 0 bridgehead atoms. The highest BCUT2D eigenvalue weighted by Gasteiger charge is 2.47. The number of hydrogen-bond donors (Lipinski definition) is 1. The normalized spacial score (nSPS) is 34.3. The first kappa shape index (κ1) is 14.4. The van der Waals surface area contributed by atoms with Gasteiger partial charge < -0.3 is 4.90 Å². The molecule has 3 fully saturated rings. The van der Waals surface area contributed by atoms with E-state index in [1.165, 1.54) is 51.4 Å². The van der Waals surface area contributed by atoms with Crippen LogP contribution in [0.5, 0.6) is 0 Å². The molecule has 0 aromatic rings. The lowest BCUT2D eigenvalue weighted by atomic mass is 9.99. The van der Waals surface area contributed by atoms with E-state index < -0.39 is 0 Å². The Morgan fingerprint density at radius 1 is 1.15 bits per heavy atom. The maximum Gasteiger partial charge on any atom is 0.241 e. The van der Waals surface area contributed by atoms with Crippen LogP contribution in [0.3, 0.4) is 0 Å². The van der Waals surface area contributed by atoms with Crippen molar-refractivity contribution in [2.24, 2.45) is 11.8 Å². The third-order valence-electron chi connectivity index (χ3n) is 5.95. The van der Waals surface area contributed by atoms with Gasteiger partial charge in [0.25, 0.3) is 0 Å². The van der Waals surface area contributed by atoms with Crippen molar-refractivity contribution in [3.05, 3.63) is 0 Å². The van der Waals surface area contributed by atoms with Gasteiger partial charge in [-0.05, 0) is 37.5 Å². The average Bonchev–Trinajstić information content (AvgIpc) is 3.17. The molecule has 114 valence electrons. The van der Waals surface area contributed by atoms with Crippen LogP contribution in [0.1, 0.15) is 71.6 Å².